The molecule has 6 heteroatoms. The summed E-state index contributed by atoms with van der Waals surface area (Å²) >= 11 is 5.54. The lowest BCUT2D eigenvalue weighted by Crippen LogP contribution is -2.31. The fourth-order valence-electron chi connectivity index (χ4n) is 0.807. The zero-order chi connectivity index (χ0) is 9.30. The fraction of sp³-hybridized carbons (Fsp3) is 0.167. The Kier molecular flexibility index (Phi) is 2.14. The molecule has 0 saturated carbocycles. The third kappa shape index (κ3) is 1.31. The summed E-state index contributed by atoms with van der Waals surface area (Å²) < 4.78 is 0.629. The Bertz CT molecular complexity index is 340. The van der Waals surface area contributed by atoms with Gasteiger partial charge in [0, 0.05) is 4.73 Å². The summed E-state index contributed by atoms with van der Waals surface area (Å²) in [6.07, 6.45) is 1.12. The molecule has 64 valence electrons. The van der Waals surface area contributed by atoms with Gasteiger partial charge in [0.1, 0.15) is 5.56 Å². The van der Waals surface area contributed by atoms with Gasteiger partial charge in [-0.2, -0.15) is 0 Å². The van der Waals surface area contributed by atoms with Crippen molar-refractivity contribution in [3.63, 3.8) is 0 Å². The van der Waals surface area contributed by atoms with Crippen LogP contribution in [-0.2, 0) is 0 Å². The van der Waals surface area contributed by atoms with Crippen LogP contribution in [0.3, 0.4) is 0 Å². The van der Waals surface area contributed by atoms with E-state index in [1.54, 1.807) is 0 Å². The van der Waals surface area contributed by atoms with Crippen molar-refractivity contribution in [3.05, 3.63) is 33.1 Å². The monoisotopic (exact) mass is 189 g/mol. The van der Waals surface area contributed by atoms with Gasteiger partial charge in [-0.25, -0.2) is 0 Å². The van der Waals surface area contributed by atoms with Gasteiger partial charge < -0.3 is 0 Å². The Balaban J connectivity index is 3.36. The average Bonchev–Trinajstić information content (AvgIpc) is 2.00. The Morgan fingerprint density at radius 1 is 1.75 bits per heavy atom. The van der Waals surface area contributed by atoms with E-state index in [0.717, 1.165) is 6.20 Å². The standard InChI is InChI=1S/C6H6ClN2O3/c1-4-5(9(11)12)2-3-8(10)6(4)7/h2-3,10H,1H3/q+1. The Morgan fingerprint density at radius 3 is 2.83 bits per heavy atom. The van der Waals surface area contributed by atoms with E-state index in [-0.39, 0.29) is 16.4 Å². The molecule has 0 aliphatic rings. The molecule has 0 saturated heterocycles. The van der Waals surface area contributed by atoms with Gasteiger partial charge in [-0.05, 0) is 18.5 Å². The highest BCUT2D eigenvalue weighted by Gasteiger charge is 2.21. The first-order valence-corrected chi connectivity index (χ1v) is 3.46. The van der Waals surface area contributed by atoms with Crippen molar-refractivity contribution in [2.75, 3.05) is 0 Å². The molecule has 0 aliphatic carbocycles. The quantitative estimate of drug-likeness (QED) is 0.236. The summed E-state index contributed by atoms with van der Waals surface area (Å²) in [7, 11) is 0. The van der Waals surface area contributed by atoms with E-state index in [0.29, 0.717) is 4.73 Å². The molecule has 0 radical (unpaired) electrons. The minimum atomic E-state index is -0.554. The average molecular weight is 190 g/mol. The van der Waals surface area contributed by atoms with Crippen molar-refractivity contribution in [2.45, 2.75) is 6.92 Å². The molecule has 1 rings (SSSR count). The lowest BCUT2D eigenvalue weighted by Gasteiger charge is -1.94. The van der Waals surface area contributed by atoms with Crippen molar-refractivity contribution in [2.24, 2.45) is 0 Å². The van der Waals surface area contributed by atoms with E-state index in [9.17, 15) is 10.1 Å². The first-order valence-electron chi connectivity index (χ1n) is 3.08. The van der Waals surface area contributed by atoms with Crippen LogP contribution in [0.5, 0.6) is 0 Å². The summed E-state index contributed by atoms with van der Waals surface area (Å²) in [5.74, 6) is 0. The number of aromatic nitrogens is 1. The smallest absolute Gasteiger partial charge is 0.284 e. The third-order valence-electron chi connectivity index (χ3n) is 1.47. The van der Waals surface area contributed by atoms with Crippen molar-refractivity contribution >= 4 is 17.3 Å². The molecular formula is C6H6ClN2O3+. The van der Waals surface area contributed by atoms with Crippen LogP contribution in [-0.4, -0.2) is 10.1 Å². The van der Waals surface area contributed by atoms with Gasteiger partial charge in [0.15, 0.2) is 0 Å². The summed E-state index contributed by atoms with van der Waals surface area (Å²) in [4.78, 5) is 9.79. The van der Waals surface area contributed by atoms with E-state index in [4.69, 9.17) is 16.8 Å². The summed E-state index contributed by atoms with van der Waals surface area (Å²) in [5.41, 5.74) is 0.136. The van der Waals surface area contributed by atoms with E-state index in [1.165, 1.54) is 13.0 Å². The SMILES string of the molecule is Cc1c([N+](=O)[O-])cc[n+](O)c1Cl. The van der Waals surface area contributed by atoms with Crippen LogP contribution in [0.2, 0.25) is 5.15 Å². The normalized spacial score (nSPS) is 9.83. The lowest BCUT2D eigenvalue weighted by molar-refractivity contribution is -0.903. The first kappa shape index (κ1) is 8.73. The van der Waals surface area contributed by atoms with Crippen molar-refractivity contribution in [1.29, 1.82) is 0 Å². The zero-order valence-electron chi connectivity index (χ0n) is 6.19. The van der Waals surface area contributed by atoms with Gasteiger partial charge in [0.25, 0.3) is 5.69 Å². The molecule has 1 aromatic heterocycles. The second-order valence-corrected chi connectivity index (χ2v) is 2.58. The second kappa shape index (κ2) is 2.94. The minimum Gasteiger partial charge on any atom is -0.284 e. The molecule has 1 N–H and O–H groups in total. The highest BCUT2D eigenvalue weighted by molar-refractivity contribution is 6.29. The van der Waals surface area contributed by atoms with Crippen LogP contribution in [0.15, 0.2) is 12.3 Å². The topological polar surface area (TPSA) is 67.2 Å². The van der Waals surface area contributed by atoms with Gasteiger partial charge in [0.2, 0.25) is 6.20 Å². The van der Waals surface area contributed by atoms with Gasteiger partial charge in [0.05, 0.1) is 11.0 Å². The van der Waals surface area contributed by atoms with E-state index >= 15 is 0 Å². The van der Waals surface area contributed by atoms with Gasteiger partial charge in [-0.3, -0.25) is 15.3 Å². The molecule has 12 heavy (non-hydrogen) atoms. The zero-order valence-corrected chi connectivity index (χ0v) is 6.95. The van der Waals surface area contributed by atoms with Crippen LogP contribution >= 0.6 is 11.6 Å². The maximum Gasteiger partial charge on any atom is 0.334 e. The Hall–Kier alpha value is -1.36. The number of pyridine rings is 1. The summed E-state index contributed by atoms with van der Waals surface area (Å²) in [6.45, 7) is 1.47. The van der Waals surface area contributed by atoms with Crippen LogP contribution in [0.1, 0.15) is 5.56 Å². The summed E-state index contributed by atoms with van der Waals surface area (Å²) in [5, 5.41) is 19.3. The number of hydrogen-bond acceptors (Lipinski definition) is 3. The maximum atomic E-state index is 10.3. The molecular weight excluding hydrogens is 184 g/mol. The number of nitro groups is 1. The molecule has 1 aromatic rings. The molecule has 0 unspecified atom stereocenters. The molecule has 0 fully saturated rings. The van der Waals surface area contributed by atoms with Gasteiger partial charge in [-0.15, -0.1) is 0 Å². The molecule has 0 aliphatic heterocycles. The number of nitrogens with zero attached hydrogens (tertiary/aromatic N) is 2. The lowest BCUT2D eigenvalue weighted by atomic mass is 10.3. The number of rotatable bonds is 1. The van der Waals surface area contributed by atoms with Crippen molar-refractivity contribution in [1.82, 2.24) is 0 Å². The highest BCUT2D eigenvalue weighted by atomic mass is 35.5. The first-order chi connectivity index (χ1) is 5.54. The molecule has 5 nitrogen and oxygen atoms in total. The number of halogens is 1. The van der Waals surface area contributed by atoms with Crippen LogP contribution < -0.4 is 4.73 Å². The molecule has 0 aromatic carbocycles. The highest BCUT2D eigenvalue weighted by Crippen LogP contribution is 2.20. The predicted molar refractivity (Wildman–Crippen MR) is 40.2 cm³/mol. The van der Waals surface area contributed by atoms with Crippen molar-refractivity contribution < 1.29 is 14.9 Å². The Labute approximate surface area is 72.9 Å². The molecule has 1 heterocycles. The van der Waals surface area contributed by atoms with E-state index < -0.39 is 4.92 Å². The maximum absolute atomic E-state index is 10.3. The van der Waals surface area contributed by atoms with Crippen molar-refractivity contribution in [3.8, 4) is 0 Å². The van der Waals surface area contributed by atoms with Gasteiger partial charge >= 0.3 is 5.15 Å². The van der Waals surface area contributed by atoms with Crippen LogP contribution in [0, 0.1) is 17.0 Å². The number of hydrogen-bond donors (Lipinski definition) is 1. The second-order valence-electron chi connectivity index (χ2n) is 2.22. The fourth-order valence-corrected chi connectivity index (χ4v) is 0.960. The van der Waals surface area contributed by atoms with Gasteiger partial charge in [-0.1, -0.05) is 0 Å². The molecule has 0 amide bonds. The molecule has 0 spiro atoms. The predicted octanol–water partition coefficient (Wildman–Crippen LogP) is 1.08. The Morgan fingerprint density at radius 2 is 2.33 bits per heavy atom. The van der Waals surface area contributed by atoms with E-state index in [2.05, 4.69) is 0 Å². The molecule has 0 atom stereocenters. The van der Waals surface area contributed by atoms with Crippen LogP contribution in [0.4, 0.5) is 5.69 Å². The van der Waals surface area contributed by atoms with Crippen LogP contribution in [0.25, 0.3) is 0 Å². The largest absolute Gasteiger partial charge is 0.334 e. The third-order valence-corrected chi connectivity index (χ3v) is 1.92. The summed E-state index contributed by atoms with van der Waals surface area (Å²) in [6, 6.07) is 1.18. The van der Waals surface area contributed by atoms with E-state index in [1.807, 2.05) is 0 Å². The molecule has 0 bridgehead atoms. The minimum absolute atomic E-state index is 0.0517.